The van der Waals surface area contributed by atoms with Crippen LogP contribution >= 0.6 is 46.1 Å². The summed E-state index contributed by atoms with van der Waals surface area (Å²) in [6, 6.07) is 7.46. The van der Waals surface area contributed by atoms with Crippen LogP contribution in [0.1, 0.15) is 17.2 Å². The maximum Gasteiger partial charge on any atom is 0.137 e. The second kappa shape index (κ2) is 6.33. The van der Waals surface area contributed by atoms with Gasteiger partial charge in [0.05, 0.1) is 26.8 Å². The summed E-state index contributed by atoms with van der Waals surface area (Å²) < 4.78 is 6.58. The van der Waals surface area contributed by atoms with E-state index in [1.807, 2.05) is 31.3 Å². The van der Waals surface area contributed by atoms with Crippen LogP contribution in [0.25, 0.3) is 0 Å². The average Bonchev–Trinajstić information content (AvgIpc) is 2.71. The van der Waals surface area contributed by atoms with E-state index in [2.05, 4.69) is 5.32 Å². The zero-order valence-electron chi connectivity index (χ0n) is 10.3. The maximum atomic E-state index is 6.21. The van der Waals surface area contributed by atoms with Gasteiger partial charge in [-0.05, 0) is 30.8 Å². The monoisotopic (exact) mass is 335 g/mol. The average molecular weight is 337 g/mol. The number of hydrogen-bond donors (Lipinski definition) is 1. The summed E-state index contributed by atoms with van der Waals surface area (Å²) in [6.07, 6.45) is 0. The number of thiophene rings is 1. The van der Waals surface area contributed by atoms with E-state index in [1.54, 1.807) is 7.11 Å². The first-order valence-corrected chi connectivity index (χ1v) is 7.47. The van der Waals surface area contributed by atoms with Gasteiger partial charge >= 0.3 is 0 Å². The van der Waals surface area contributed by atoms with Crippen LogP contribution in [-0.4, -0.2) is 14.2 Å². The molecule has 1 aromatic heterocycles. The van der Waals surface area contributed by atoms with Crippen LogP contribution < -0.4 is 10.1 Å². The molecule has 0 bridgehead atoms. The molecular formula is C13H12Cl3NOS. The van der Waals surface area contributed by atoms with Crippen LogP contribution in [0.3, 0.4) is 0 Å². The summed E-state index contributed by atoms with van der Waals surface area (Å²) in [5.74, 6) is 0.636. The summed E-state index contributed by atoms with van der Waals surface area (Å²) in [4.78, 5) is 0. The molecule has 19 heavy (non-hydrogen) atoms. The molecule has 1 N–H and O–H groups in total. The lowest BCUT2D eigenvalue weighted by Gasteiger charge is -2.17. The molecule has 0 saturated carbocycles. The summed E-state index contributed by atoms with van der Waals surface area (Å²) in [6.45, 7) is 0. The van der Waals surface area contributed by atoms with Gasteiger partial charge < -0.3 is 10.1 Å². The van der Waals surface area contributed by atoms with Gasteiger partial charge in [-0.2, -0.15) is 0 Å². The van der Waals surface area contributed by atoms with Crippen molar-refractivity contribution in [1.82, 2.24) is 5.32 Å². The maximum absolute atomic E-state index is 6.21. The van der Waals surface area contributed by atoms with E-state index in [1.165, 1.54) is 11.3 Å². The Hall–Kier alpha value is -0.450. The van der Waals surface area contributed by atoms with Crippen LogP contribution in [0.2, 0.25) is 13.7 Å². The first-order valence-electron chi connectivity index (χ1n) is 5.52. The second-order valence-electron chi connectivity index (χ2n) is 3.90. The van der Waals surface area contributed by atoms with E-state index >= 15 is 0 Å². The van der Waals surface area contributed by atoms with Crippen LogP contribution in [0, 0.1) is 0 Å². The molecule has 0 aliphatic rings. The van der Waals surface area contributed by atoms with Gasteiger partial charge in [-0.1, -0.05) is 40.9 Å². The minimum absolute atomic E-state index is 0.0533. The third-order valence-corrected chi connectivity index (χ3v) is 4.62. The number of rotatable bonds is 4. The van der Waals surface area contributed by atoms with Crippen LogP contribution in [0.4, 0.5) is 0 Å². The van der Waals surface area contributed by atoms with Gasteiger partial charge in [-0.15, -0.1) is 11.3 Å². The molecule has 0 aliphatic carbocycles. The Bertz CT molecular complexity index is 585. The third-order valence-electron chi connectivity index (χ3n) is 2.79. The number of halogens is 3. The lowest BCUT2D eigenvalue weighted by atomic mass is 10.0. The van der Waals surface area contributed by atoms with E-state index in [4.69, 9.17) is 39.5 Å². The van der Waals surface area contributed by atoms with Crippen molar-refractivity contribution in [3.8, 4) is 5.75 Å². The number of ether oxygens (including phenoxy) is 1. The van der Waals surface area contributed by atoms with Crippen LogP contribution in [0.15, 0.2) is 24.3 Å². The molecule has 2 aromatic rings. The van der Waals surface area contributed by atoms with E-state index in [0.29, 0.717) is 19.4 Å². The van der Waals surface area contributed by atoms with Crippen molar-refractivity contribution in [3.05, 3.63) is 49.1 Å². The van der Waals surface area contributed by atoms with Crippen molar-refractivity contribution in [2.45, 2.75) is 6.04 Å². The molecular weight excluding hydrogens is 325 g/mol. The summed E-state index contributed by atoms with van der Waals surface area (Å²) in [5, 5.41) is 3.80. The first-order chi connectivity index (χ1) is 9.06. The highest BCUT2D eigenvalue weighted by molar-refractivity contribution is 7.20. The quantitative estimate of drug-likeness (QED) is 0.846. The molecule has 6 heteroatoms. The molecule has 102 valence electrons. The minimum Gasteiger partial charge on any atom is -0.495 e. The summed E-state index contributed by atoms with van der Waals surface area (Å²) in [7, 11) is 3.46. The number of nitrogens with one attached hydrogen (secondary N) is 1. The van der Waals surface area contributed by atoms with Gasteiger partial charge in [0.15, 0.2) is 0 Å². The number of methoxy groups -OCH3 is 1. The molecule has 1 unspecified atom stereocenters. The Balaban J connectivity index is 2.45. The Labute approximate surface area is 131 Å². The van der Waals surface area contributed by atoms with Gasteiger partial charge in [0, 0.05) is 5.56 Å². The van der Waals surface area contributed by atoms with Crippen molar-refractivity contribution >= 4 is 46.1 Å². The Kier molecular flexibility index (Phi) is 4.98. The van der Waals surface area contributed by atoms with E-state index in [9.17, 15) is 0 Å². The predicted octanol–water partition coefficient (Wildman–Crippen LogP) is 5.03. The predicted molar refractivity (Wildman–Crippen MR) is 83.2 cm³/mol. The smallest absolute Gasteiger partial charge is 0.137 e. The largest absolute Gasteiger partial charge is 0.495 e. The van der Waals surface area contributed by atoms with E-state index in [0.717, 1.165) is 11.1 Å². The third kappa shape index (κ3) is 3.18. The molecule has 0 spiro atoms. The highest BCUT2D eigenvalue weighted by atomic mass is 35.5. The molecule has 0 fully saturated rings. The summed E-state index contributed by atoms with van der Waals surface area (Å²) in [5.41, 5.74) is 1.96. The standard InChI is InChI=1S/C13H12Cl3NOS/c1-17-12(8-6-11(15)19-13(8)16)7-3-4-9(14)10(5-7)18-2/h3-6,12,17H,1-2H3. The van der Waals surface area contributed by atoms with E-state index in [-0.39, 0.29) is 6.04 Å². The van der Waals surface area contributed by atoms with Gasteiger partial charge in [0.25, 0.3) is 0 Å². The van der Waals surface area contributed by atoms with Crippen molar-refractivity contribution in [2.24, 2.45) is 0 Å². The lowest BCUT2D eigenvalue weighted by molar-refractivity contribution is 0.414. The molecule has 1 heterocycles. The number of hydrogen-bond acceptors (Lipinski definition) is 3. The van der Waals surface area contributed by atoms with Gasteiger partial charge in [-0.3, -0.25) is 0 Å². The molecule has 0 aliphatic heterocycles. The fourth-order valence-electron chi connectivity index (χ4n) is 1.91. The van der Waals surface area contributed by atoms with E-state index < -0.39 is 0 Å². The SMILES string of the molecule is CNC(c1ccc(Cl)c(OC)c1)c1cc(Cl)sc1Cl. The molecule has 1 aromatic carbocycles. The minimum atomic E-state index is -0.0533. The topological polar surface area (TPSA) is 21.3 Å². The fourth-order valence-corrected chi connectivity index (χ4v) is 3.63. The van der Waals surface area contributed by atoms with Gasteiger partial charge in [0.1, 0.15) is 5.75 Å². The molecule has 0 radical (unpaired) electrons. The zero-order chi connectivity index (χ0) is 14.0. The fraction of sp³-hybridized carbons (Fsp3) is 0.231. The Morgan fingerprint density at radius 3 is 2.47 bits per heavy atom. The van der Waals surface area contributed by atoms with Crippen molar-refractivity contribution in [2.75, 3.05) is 14.2 Å². The molecule has 2 rings (SSSR count). The molecule has 1 atom stereocenters. The normalized spacial score (nSPS) is 12.5. The van der Waals surface area contributed by atoms with Gasteiger partial charge in [-0.25, -0.2) is 0 Å². The molecule has 0 amide bonds. The van der Waals surface area contributed by atoms with Gasteiger partial charge in [0.2, 0.25) is 0 Å². The molecule has 2 nitrogen and oxygen atoms in total. The van der Waals surface area contributed by atoms with Crippen LogP contribution in [-0.2, 0) is 0 Å². The highest BCUT2D eigenvalue weighted by Gasteiger charge is 2.19. The van der Waals surface area contributed by atoms with Crippen molar-refractivity contribution in [1.29, 1.82) is 0 Å². The molecule has 0 saturated heterocycles. The zero-order valence-corrected chi connectivity index (χ0v) is 13.4. The summed E-state index contributed by atoms with van der Waals surface area (Å²) >= 11 is 19.6. The lowest BCUT2D eigenvalue weighted by Crippen LogP contribution is -2.17. The van der Waals surface area contributed by atoms with Crippen LogP contribution in [0.5, 0.6) is 5.75 Å². The second-order valence-corrected chi connectivity index (χ2v) is 6.59. The Morgan fingerprint density at radius 2 is 1.95 bits per heavy atom. The Morgan fingerprint density at radius 1 is 1.21 bits per heavy atom. The highest BCUT2D eigenvalue weighted by Crippen LogP contribution is 2.38. The first kappa shape index (κ1) is 14.9. The van der Waals surface area contributed by atoms with Crippen molar-refractivity contribution in [3.63, 3.8) is 0 Å². The van der Waals surface area contributed by atoms with Crippen molar-refractivity contribution < 1.29 is 4.74 Å². The number of benzene rings is 1.